The molecule has 2 N–H and O–H groups in total. The Labute approximate surface area is 145 Å². The van der Waals surface area contributed by atoms with E-state index in [0.717, 1.165) is 51.3 Å². The lowest BCUT2D eigenvalue weighted by molar-refractivity contribution is -0.0824. The number of likely N-dealkylation sites (tertiary alicyclic amines) is 1. The highest BCUT2D eigenvalue weighted by molar-refractivity contribution is 5.74. The minimum Gasteiger partial charge on any atom is -0.375 e. The molecule has 4 aliphatic rings. The molecule has 4 rings (SSSR count). The van der Waals surface area contributed by atoms with Crippen molar-refractivity contribution in [2.45, 2.75) is 81.9 Å². The van der Waals surface area contributed by atoms with E-state index in [2.05, 4.69) is 10.6 Å². The summed E-state index contributed by atoms with van der Waals surface area (Å²) < 4.78 is 6.08. The van der Waals surface area contributed by atoms with Crippen LogP contribution in [0.2, 0.25) is 0 Å². The van der Waals surface area contributed by atoms with Gasteiger partial charge in [-0.05, 0) is 63.8 Å². The summed E-state index contributed by atoms with van der Waals surface area (Å²) in [6, 6.07) is 1.17. The van der Waals surface area contributed by atoms with Crippen LogP contribution in [0.25, 0.3) is 0 Å². The highest BCUT2D eigenvalue weighted by Crippen LogP contribution is 2.40. The molecule has 3 saturated heterocycles. The number of nitrogens with one attached hydrogen (secondary N) is 2. The van der Waals surface area contributed by atoms with Gasteiger partial charge in [0.15, 0.2) is 0 Å². The number of carbonyl (C=O) groups excluding carboxylic acids is 1. The lowest BCUT2D eigenvalue weighted by Crippen LogP contribution is -2.53. The van der Waals surface area contributed by atoms with E-state index >= 15 is 0 Å². The van der Waals surface area contributed by atoms with Crippen molar-refractivity contribution >= 4 is 6.03 Å². The zero-order valence-corrected chi connectivity index (χ0v) is 14.9. The van der Waals surface area contributed by atoms with Crippen molar-refractivity contribution in [3.8, 4) is 0 Å². The molecular formula is C19H33N3O2. The Hall–Kier alpha value is -0.810. The molecule has 136 valence electrons. The maximum atomic E-state index is 12.7. The van der Waals surface area contributed by atoms with E-state index in [-0.39, 0.29) is 11.6 Å². The third-order valence-electron chi connectivity index (χ3n) is 6.83. The number of rotatable bonds is 2. The number of carbonyl (C=O) groups is 1. The molecule has 3 heterocycles. The van der Waals surface area contributed by atoms with Crippen molar-refractivity contribution in [2.24, 2.45) is 5.92 Å². The van der Waals surface area contributed by atoms with Gasteiger partial charge in [-0.1, -0.05) is 12.8 Å². The van der Waals surface area contributed by atoms with E-state index < -0.39 is 0 Å². The lowest BCUT2D eigenvalue weighted by Gasteiger charge is -2.40. The summed E-state index contributed by atoms with van der Waals surface area (Å²) in [6.07, 6.45) is 11.9. The summed E-state index contributed by atoms with van der Waals surface area (Å²) in [5.41, 5.74) is 0.0807. The number of amides is 2. The zero-order valence-electron chi connectivity index (χ0n) is 14.9. The molecule has 4 fully saturated rings. The highest BCUT2D eigenvalue weighted by atomic mass is 16.5. The van der Waals surface area contributed by atoms with Crippen LogP contribution in [0.5, 0.6) is 0 Å². The molecule has 5 nitrogen and oxygen atoms in total. The van der Waals surface area contributed by atoms with E-state index in [1.165, 1.54) is 45.1 Å². The zero-order chi connectivity index (χ0) is 16.4. The average molecular weight is 335 g/mol. The third-order valence-corrected chi connectivity index (χ3v) is 6.83. The molecule has 1 saturated carbocycles. The molecule has 24 heavy (non-hydrogen) atoms. The van der Waals surface area contributed by atoms with Gasteiger partial charge in [-0.25, -0.2) is 4.79 Å². The first kappa shape index (κ1) is 16.6. The fourth-order valence-electron chi connectivity index (χ4n) is 5.40. The van der Waals surface area contributed by atoms with Crippen LogP contribution < -0.4 is 10.6 Å². The third kappa shape index (κ3) is 3.57. The van der Waals surface area contributed by atoms with Crippen LogP contribution in [0.3, 0.4) is 0 Å². The summed E-state index contributed by atoms with van der Waals surface area (Å²) in [6.45, 7) is 3.82. The molecule has 1 spiro atoms. The molecule has 0 aromatic rings. The van der Waals surface area contributed by atoms with Crippen LogP contribution >= 0.6 is 0 Å². The highest BCUT2D eigenvalue weighted by Gasteiger charge is 2.40. The van der Waals surface area contributed by atoms with Gasteiger partial charge in [-0.15, -0.1) is 0 Å². The quantitative estimate of drug-likeness (QED) is 0.816. The maximum absolute atomic E-state index is 12.7. The van der Waals surface area contributed by atoms with Gasteiger partial charge in [0.05, 0.1) is 5.60 Å². The van der Waals surface area contributed by atoms with Crippen LogP contribution in [-0.2, 0) is 4.74 Å². The van der Waals surface area contributed by atoms with Gasteiger partial charge in [-0.2, -0.15) is 0 Å². The fraction of sp³-hybridized carbons (Fsp3) is 0.947. The second-order valence-corrected chi connectivity index (χ2v) is 8.41. The first-order valence-corrected chi connectivity index (χ1v) is 10.2. The molecule has 3 aliphatic heterocycles. The SMILES string of the molecule is O=C(NC1CCOC2(CCCC2)C1)N1CCC(C2CCCN2)CC1. The van der Waals surface area contributed by atoms with Gasteiger partial charge >= 0.3 is 6.03 Å². The summed E-state index contributed by atoms with van der Waals surface area (Å²) in [4.78, 5) is 14.7. The predicted octanol–water partition coefficient (Wildman–Crippen LogP) is 2.65. The minimum atomic E-state index is 0.0807. The van der Waals surface area contributed by atoms with E-state index in [1.54, 1.807) is 0 Å². The Kier molecular flexibility index (Phi) is 5.00. The van der Waals surface area contributed by atoms with Crippen LogP contribution in [0, 0.1) is 5.92 Å². The van der Waals surface area contributed by atoms with Crippen LogP contribution in [0.1, 0.15) is 64.2 Å². The molecule has 5 heteroatoms. The molecule has 2 atom stereocenters. The Morgan fingerprint density at radius 2 is 1.88 bits per heavy atom. The van der Waals surface area contributed by atoms with Gasteiger partial charge in [0.25, 0.3) is 0 Å². The number of hydrogen-bond donors (Lipinski definition) is 2. The van der Waals surface area contributed by atoms with Gasteiger partial charge < -0.3 is 20.3 Å². The topological polar surface area (TPSA) is 53.6 Å². The second-order valence-electron chi connectivity index (χ2n) is 8.41. The number of piperidine rings is 1. The Bertz CT molecular complexity index is 436. The monoisotopic (exact) mass is 335 g/mol. The largest absolute Gasteiger partial charge is 0.375 e. The standard InChI is InChI=1S/C19H33N3O2/c23-18(21-16-7-13-24-19(14-16)8-1-2-9-19)22-11-5-15(6-12-22)17-4-3-10-20-17/h15-17,20H,1-14H2,(H,21,23). The van der Waals surface area contributed by atoms with Crippen LogP contribution in [0.4, 0.5) is 4.79 Å². The molecule has 0 aromatic carbocycles. The number of ether oxygens (including phenoxy) is 1. The average Bonchev–Trinajstić information content (AvgIpc) is 3.28. The van der Waals surface area contributed by atoms with E-state index in [0.29, 0.717) is 12.1 Å². The van der Waals surface area contributed by atoms with Crippen molar-refractivity contribution in [2.75, 3.05) is 26.2 Å². The van der Waals surface area contributed by atoms with Crippen LogP contribution in [0.15, 0.2) is 0 Å². The maximum Gasteiger partial charge on any atom is 0.317 e. The van der Waals surface area contributed by atoms with E-state index in [1.807, 2.05) is 4.90 Å². The van der Waals surface area contributed by atoms with Gasteiger partial charge in [-0.3, -0.25) is 0 Å². The molecule has 0 bridgehead atoms. The van der Waals surface area contributed by atoms with Crippen molar-refractivity contribution in [1.29, 1.82) is 0 Å². The van der Waals surface area contributed by atoms with Gasteiger partial charge in [0.1, 0.15) is 0 Å². The normalized spacial score (nSPS) is 33.9. The van der Waals surface area contributed by atoms with Crippen molar-refractivity contribution in [3.05, 3.63) is 0 Å². The van der Waals surface area contributed by atoms with Gasteiger partial charge in [0.2, 0.25) is 0 Å². The molecule has 0 radical (unpaired) electrons. The number of hydrogen-bond acceptors (Lipinski definition) is 3. The molecule has 0 aromatic heterocycles. The number of nitrogens with zero attached hydrogens (tertiary/aromatic N) is 1. The van der Waals surface area contributed by atoms with Crippen molar-refractivity contribution in [1.82, 2.24) is 15.5 Å². The van der Waals surface area contributed by atoms with E-state index in [4.69, 9.17) is 4.74 Å². The Morgan fingerprint density at radius 1 is 1.08 bits per heavy atom. The molecular weight excluding hydrogens is 302 g/mol. The minimum absolute atomic E-state index is 0.0807. The molecule has 2 amide bonds. The Morgan fingerprint density at radius 3 is 2.58 bits per heavy atom. The van der Waals surface area contributed by atoms with Crippen molar-refractivity contribution in [3.63, 3.8) is 0 Å². The smallest absolute Gasteiger partial charge is 0.317 e. The summed E-state index contributed by atoms with van der Waals surface area (Å²) >= 11 is 0. The van der Waals surface area contributed by atoms with Crippen LogP contribution in [-0.4, -0.2) is 54.9 Å². The second kappa shape index (κ2) is 7.20. The first-order valence-electron chi connectivity index (χ1n) is 10.2. The molecule has 2 unspecified atom stereocenters. The fourth-order valence-corrected chi connectivity index (χ4v) is 5.40. The van der Waals surface area contributed by atoms with Gasteiger partial charge in [0, 0.05) is 31.8 Å². The molecule has 1 aliphatic carbocycles. The van der Waals surface area contributed by atoms with E-state index in [9.17, 15) is 4.79 Å². The summed E-state index contributed by atoms with van der Waals surface area (Å²) in [7, 11) is 0. The summed E-state index contributed by atoms with van der Waals surface area (Å²) in [5, 5.41) is 6.95. The number of urea groups is 1. The van der Waals surface area contributed by atoms with Crippen molar-refractivity contribution < 1.29 is 9.53 Å². The predicted molar refractivity (Wildman–Crippen MR) is 94.0 cm³/mol. The first-order chi connectivity index (χ1) is 11.7. The lowest BCUT2D eigenvalue weighted by atomic mass is 9.88. The summed E-state index contributed by atoms with van der Waals surface area (Å²) in [5.74, 6) is 0.765. The Balaban J connectivity index is 1.24.